The number of hydrogen-bond donors (Lipinski definition) is 1. The molecule has 0 aromatic heterocycles. The molecular formula is C14H12BrF2N. The smallest absolute Gasteiger partial charge is 0.128 e. The van der Waals surface area contributed by atoms with Gasteiger partial charge in [0.05, 0.1) is 0 Å². The van der Waals surface area contributed by atoms with Gasteiger partial charge < -0.3 is 5.32 Å². The van der Waals surface area contributed by atoms with E-state index in [0.29, 0.717) is 5.56 Å². The van der Waals surface area contributed by atoms with Crippen LogP contribution in [0.4, 0.5) is 14.5 Å². The summed E-state index contributed by atoms with van der Waals surface area (Å²) >= 11 is 3.41. The highest BCUT2D eigenvalue weighted by Gasteiger charge is 2.05. The molecule has 0 heterocycles. The van der Waals surface area contributed by atoms with E-state index in [4.69, 9.17) is 0 Å². The molecule has 0 aliphatic carbocycles. The Bertz CT molecular complexity index is 518. The van der Waals surface area contributed by atoms with Crippen LogP contribution in [0.15, 0.2) is 40.9 Å². The van der Waals surface area contributed by atoms with Crippen molar-refractivity contribution in [1.82, 2.24) is 0 Å². The topological polar surface area (TPSA) is 12.0 Å². The van der Waals surface area contributed by atoms with Crippen LogP contribution in [0, 0.1) is 18.6 Å². The van der Waals surface area contributed by atoms with Crippen molar-refractivity contribution in [1.29, 1.82) is 0 Å². The normalized spacial score (nSPS) is 10.4. The average molecular weight is 312 g/mol. The van der Waals surface area contributed by atoms with E-state index < -0.39 is 11.6 Å². The third-order valence-electron chi connectivity index (χ3n) is 2.60. The van der Waals surface area contributed by atoms with Crippen molar-refractivity contribution in [2.24, 2.45) is 0 Å². The monoisotopic (exact) mass is 311 g/mol. The molecule has 0 fully saturated rings. The zero-order chi connectivity index (χ0) is 13.1. The van der Waals surface area contributed by atoms with Crippen LogP contribution in [0.3, 0.4) is 0 Å². The van der Waals surface area contributed by atoms with Gasteiger partial charge in [0.2, 0.25) is 0 Å². The van der Waals surface area contributed by atoms with Crippen molar-refractivity contribution < 1.29 is 8.78 Å². The summed E-state index contributed by atoms with van der Waals surface area (Å²) in [7, 11) is 0. The number of hydrogen-bond acceptors (Lipinski definition) is 1. The van der Waals surface area contributed by atoms with Crippen LogP contribution in [0.5, 0.6) is 0 Å². The van der Waals surface area contributed by atoms with Gasteiger partial charge in [-0.15, -0.1) is 0 Å². The van der Waals surface area contributed by atoms with E-state index in [0.717, 1.165) is 27.9 Å². The van der Waals surface area contributed by atoms with Gasteiger partial charge in [-0.05, 0) is 58.7 Å². The molecule has 1 nitrogen and oxygen atoms in total. The summed E-state index contributed by atoms with van der Waals surface area (Å²) in [5, 5.41) is 3.08. The van der Waals surface area contributed by atoms with Crippen molar-refractivity contribution in [3.05, 3.63) is 63.6 Å². The first kappa shape index (κ1) is 13.0. The summed E-state index contributed by atoms with van der Waals surface area (Å²) < 4.78 is 27.3. The largest absolute Gasteiger partial charge is 0.380 e. The second-order valence-electron chi connectivity index (χ2n) is 4.07. The quantitative estimate of drug-likeness (QED) is 0.870. The molecule has 0 atom stereocenters. The Balaban J connectivity index is 2.16. The van der Waals surface area contributed by atoms with Crippen LogP contribution in [0.1, 0.15) is 11.1 Å². The first-order chi connectivity index (χ1) is 8.56. The molecule has 0 aliphatic rings. The lowest BCUT2D eigenvalue weighted by molar-refractivity contribution is 0.587. The number of halogens is 3. The highest BCUT2D eigenvalue weighted by Crippen LogP contribution is 2.24. The van der Waals surface area contributed by atoms with E-state index in [2.05, 4.69) is 21.2 Å². The van der Waals surface area contributed by atoms with Crippen LogP contribution in [-0.2, 0) is 6.54 Å². The minimum atomic E-state index is -0.434. The van der Waals surface area contributed by atoms with Crippen molar-refractivity contribution >= 4 is 21.6 Å². The van der Waals surface area contributed by atoms with Crippen molar-refractivity contribution in [3.8, 4) is 0 Å². The molecule has 0 spiro atoms. The van der Waals surface area contributed by atoms with Gasteiger partial charge in [0.15, 0.2) is 0 Å². The molecular weight excluding hydrogens is 300 g/mol. The number of aryl methyl sites for hydroxylation is 1. The minimum Gasteiger partial charge on any atom is -0.380 e. The first-order valence-electron chi connectivity index (χ1n) is 5.50. The number of anilines is 1. The molecule has 0 aliphatic heterocycles. The predicted octanol–water partition coefficient (Wildman–Crippen LogP) is 4.65. The maximum atomic E-state index is 13.4. The Morgan fingerprint density at radius 2 is 1.89 bits per heavy atom. The van der Waals surface area contributed by atoms with E-state index >= 15 is 0 Å². The summed E-state index contributed by atoms with van der Waals surface area (Å²) in [4.78, 5) is 0. The highest BCUT2D eigenvalue weighted by atomic mass is 79.9. The summed E-state index contributed by atoms with van der Waals surface area (Å²) in [6.45, 7) is 2.21. The third-order valence-corrected chi connectivity index (χ3v) is 3.29. The predicted molar refractivity (Wildman–Crippen MR) is 72.6 cm³/mol. The van der Waals surface area contributed by atoms with Crippen LogP contribution in [0.2, 0.25) is 0 Å². The third kappa shape index (κ3) is 3.07. The van der Waals surface area contributed by atoms with Crippen LogP contribution in [-0.4, -0.2) is 0 Å². The van der Waals surface area contributed by atoms with Gasteiger partial charge in [-0.2, -0.15) is 0 Å². The fourth-order valence-corrected chi connectivity index (χ4v) is 2.03. The summed E-state index contributed by atoms with van der Waals surface area (Å²) in [6, 6.07) is 9.28. The van der Waals surface area contributed by atoms with E-state index in [1.165, 1.54) is 6.07 Å². The number of rotatable bonds is 3. The Kier molecular flexibility index (Phi) is 3.97. The van der Waals surface area contributed by atoms with Gasteiger partial charge in [-0.1, -0.05) is 6.07 Å². The highest BCUT2D eigenvalue weighted by molar-refractivity contribution is 9.10. The van der Waals surface area contributed by atoms with Gasteiger partial charge in [0.1, 0.15) is 11.6 Å². The molecule has 0 bridgehead atoms. The molecule has 94 valence electrons. The van der Waals surface area contributed by atoms with E-state index in [-0.39, 0.29) is 6.54 Å². The molecule has 2 aromatic rings. The maximum absolute atomic E-state index is 13.4. The molecule has 2 rings (SSSR count). The Labute approximate surface area is 113 Å². The Hall–Kier alpha value is -1.42. The zero-order valence-electron chi connectivity index (χ0n) is 9.81. The van der Waals surface area contributed by atoms with Crippen molar-refractivity contribution in [3.63, 3.8) is 0 Å². The zero-order valence-corrected chi connectivity index (χ0v) is 11.4. The molecule has 0 radical (unpaired) electrons. The van der Waals surface area contributed by atoms with Gasteiger partial charge in [-0.25, -0.2) is 8.78 Å². The minimum absolute atomic E-state index is 0.242. The molecule has 0 amide bonds. The Morgan fingerprint density at radius 3 is 2.67 bits per heavy atom. The summed E-state index contributed by atoms with van der Waals surface area (Å²) in [6.07, 6.45) is 0. The van der Waals surface area contributed by atoms with E-state index in [1.54, 1.807) is 0 Å². The van der Waals surface area contributed by atoms with Crippen molar-refractivity contribution in [2.45, 2.75) is 13.5 Å². The number of benzene rings is 2. The lowest BCUT2D eigenvalue weighted by Gasteiger charge is -2.10. The molecule has 2 aromatic carbocycles. The fraction of sp³-hybridized carbons (Fsp3) is 0.143. The molecule has 1 N–H and O–H groups in total. The lowest BCUT2D eigenvalue weighted by Crippen LogP contribution is -2.03. The summed E-state index contributed by atoms with van der Waals surface area (Å²) in [5.74, 6) is -0.843. The van der Waals surface area contributed by atoms with Gasteiger partial charge in [-0.3, -0.25) is 0 Å². The van der Waals surface area contributed by atoms with Crippen molar-refractivity contribution in [2.75, 3.05) is 5.32 Å². The molecule has 0 saturated heterocycles. The van der Waals surface area contributed by atoms with Crippen LogP contribution >= 0.6 is 15.9 Å². The SMILES string of the molecule is Cc1ccc(Br)c(NCc2cc(F)ccc2F)c1. The first-order valence-corrected chi connectivity index (χ1v) is 6.29. The maximum Gasteiger partial charge on any atom is 0.128 e. The molecule has 4 heteroatoms. The number of nitrogens with one attached hydrogen (secondary N) is 1. The molecule has 18 heavy (non-hydrogen) atoms. The summed E-state index contributed by atoms with van der Waals surface area (Å²) in [5.41, 5.74) is 2.27. The van der Waals surface area contributed by atoms with E-state index in [1.807, 2.05) is 25.1 Å². The lowest BCUT2D eigenvalue weighted by atomic mass is 10.2. The van der Waals surface area contributed by atoms with Crippen LogP contribution < -0.4 is 5.32 Å². The Morgan fingerprint density at radius 1 is 1.11 bits per heavy atom. The van der Waals surface area contributed by atoms with Gasteiger partial charge in [0, 0.05) is 22.3 Å². The van der Waals surface area contributed by atoms with Gasteiger partial charge in [0.25, 0.3) is 0 Å². The average Bonchev–Trinajstić information content (AvgIpc) is 2.34. The fourth-order valence-electron chi connectivity index (χ4n) is 1.64. The van der Waals surface area contributed by atoms with Crippen LogP contribution in [0.25, 0.3) is 0 Å². The molecule has 0 saturated carbocycles. The molecule has 0 unspecified atom stereocenters. The van der Waals surface area contributed by atoms with E-state index in [9.17, 15) is 8.78 Å². The second kappa shape index (κ2) is 5.48. The van der Waals surface area contributed by atoms with Gasteiger partial charge >= 0.3 is 0 Å². The second-order valence-corrected chi connectivity index (χ2v) is 4.93. The standard InChI is InChI=1S/C14H12BrF2N/c1-9-2-4-12(15)14(6-9)18-8-10-7-11(16)3-5-13(10)17/h2-7,18H,8H2,1H3.